The Morgan fingerprint density at radius 1 is 1.27 bits per heavy atom. The van der Waals surface area contributed by atoms with Crippen molar-refractivity contribution in [1.29, 1.82) is 0 Å². The highest BCUT2D eigenvalue weighted by molar-refractivity contribution is 5.94. The van der Waals surface area contributed by atoms with Gasteiger partial charge in [0.1, 0.15) is 17.1 Å². The maximum Gasteiger partial charge on any atom is 0.343 e. The number of phenols is 2. The number of carbonyl (C=O) groups is 1. The Morgan fingerprint density at radius 3 is 2.68 bits per heavy atom. The van der Waals surface area contributed by atoms with Crippen molar-refractivity contribution in [2.24, 2.45) is 0 Å². The number of rotatable bonds is 7. The third-order valence-corrected chi connectivity index (χ3v) is 4.23. The fraction of sp³-hybridized carbons (Fsp3) is 0.588. The SMILES string of the molecule is CCCCCCCC1Cc2cc(O)c(C(=O)O)c(O)c2CO1. The van der Waals surface area contributed by atoms with Crippen LogP contribution < -0.4 is 0 Å². The number of fused-ring (bicyclic) bond motifs is 1. The molecule has 122 valence electrons. The summed E-state index contributed by atoms with van der Waals surface area (Å²) in [7, 11) is 0. The van der Waals surface area contributed by atoms with E-state index >= 15 is 0 Å². The Morgan fingerprint density at radius 2 is 2.00 bits per heavy atom. The predicted octanol–water partition coefficient (Wildman–Crippen LogP) is 3.60. The number of aromatic hydroxyl groups is 2. The maximum absolute atomic E-state index is 11.1. The quantitative estimate of drug-likeness (QED) is 0.670. The molecule has 2 rings (SSSR count). The average molecular weight is 308 g/mol. The highest BCUT2D eigenvalue weighted by Gasteiger charge is 2.27. The molecule has 1 aliphatic heterocycles. The molecule has 0 fully saturated rings. The highest BCUT2D eigenvalue weighted by atomic mass is 16.5. The van der Waals surface area contributed by atoms with Crippen molar-refractivity contribution in [3.8, 4) is 11.5 Å². The standard InChI is InChI=1S/C17H24O5/c1-2-3-4-5-6-7-12-8-11-9-14(18)15(17(20)21)16(19)13(11)10-22-12/h9,12,18-19H,2-8,10H2,1H3,(H,20,21). The van der Waals surface area contributed by atoms with E-state index in [1.165, 1.54) is 31.7 Å². The molecule has 1 aromatic rings. The Balaban J connectivity index is 2.01. The molecule has 0 aromatic heterocycles. The molecule has 5 nitrogen and oxygen atoms in total. The van der Waals surface area contributed by atoms with Crippen molar-refractivity contribution >= 4 is 5.97 Å². The summed E-state index contributed by atoms with van der Waals surface area (Å²) in [6.45, 7) is 2.38. The van der Waals surface area contributed by atoms with E-state index in [2.05, 4.69) is 6.92 Å². The first-order valence-electron chi connectivity index (χ1n) is 7.96. The van der Waals surface area contributed by atoms with Crippen LogP contribution in [0.3, 0.4) is 0 Å². The third-order valence-electron chi connectivity index (χ3n) is 4.23. The predicted molar refractivity (Wildman–Crippen MR) is 82.4 cm³/mol. The summed E-state index contributed by atoms with van der Waals surface area (Å²) in [5, 5.41) is 28.8. The van der Waals surface area contributed by atoms with Crippen molar-refractivity contribution in [3.05, 3.63) is 22.8 Å². The van der Waals surface area contributed by atoms with Gasteiger partial charge in [0.25, 0.3) is 0 Å². The molecule has 0 bridgehead atoms. The Labute approximate surface area is 130 Å². The fourth-order valence-corrected chi connectivity index (χ4v) is 2.97. The van der Waals surface area contributed by atoms with E-state index in [-0.39, 0.29) is 24.2 Å². The van der Waals surface area contributed by atoms with Crippen molar-refractivity contribution in [3.63, 3.8) is 0 Å². The van der Waals surface area contributed by atoms with Gasteiger partial charge in [-0.3, -0.25) is 0 Å². The number of unbranched alkanes of at least 4 members (excludes halogenated alkanes) is 4. The zero-order chi connectivity index (χ0) is 16.1. The molecule has 1 heterocycles. The molecule has 0 spiro atoms. The molecule has 0 saturated carbocycles. The van der Waals surface area contributed by atoms with Gasteiger partial charge in [-0.05, 0) is 24.5 Å². The molecule has 3 N–H and O–H groups in total. The van der Waals surface area contributed by atoms with E-state index < -0.39 is 11.5 Å². The van der Waals surface area contributed by atoms with Crippen LogP contribution >= 0.6 is 0 Å². The van der Waals surface area contributed by atoms with Gasteiger partial charge in [-0.1, -0.05) is 39.0 Å². The molecule has 0 aliphatic carbocycles. The van der Waals surface area contributed by atoms with Crippen LogP contribution in [0.1, 0.15) is 66.9 Å². The number of carboxylic acid groups (broad SMARTS) is 1. The summed E-state index contributed by atoms with van der Waals surface area (Å²) in [4.78, 5) is 11.1. The fourth-order valence-electron chi connectivity index (χ4n) is 2.97. The summed E-state index contributed by atoms with van der Waals surface area (Å²) in [5.74, 6) is -2.09. The number of aromatic carboxylic acids is 1. The van der Waals surface area contributed by atoms with Gasteiger partial charge in [-0.2, -0.15) is 0 Å². The van der Waals surface area contributed by atoms with E-state index in [0.29, 0.717) is 12.0 Å². The minimum atomic E-state index is -1.34. The number of ether oxygens (including phenoxy) is 1. The molecule has 22 heavy (non-hydrogen) atoms. The number of carboxylic acids is 1. The van der Waals surface area contributed by atoms with Gasteiger partial charge in [0.2, 0.25) is 0 Å². The van der Waals surface area contributed by atoms with Crippen LogP contribution in [0.25, 0.3) is 0 Å². The first-order valence-corrected chi connectivity index (χ1v) is 7.96. The van der Waals surface area contributed by atoms with E-state index in [4.69, 9.17) is 9.84 Å². The van der Waals surface area contributed by atoms with Crippen LogP contribution in [0.2, 0.25) is 0 Å². The van der Waals surface area contributed by atoms with Crippen LogP contribution in [-0.2, 0) is 17.8 Å². The van der Waals surface area contributed by atoms with Crippen LogP contribution in [-0.4, -0.2) is 27.4 Å². The molecule has 1 aliphatic rings. The zero-order valence-corrected chi connectivity index (χ0v) is 13.0. The van der Waals surface area contributed by atoms with Crippen LogP contribution in [0.5, 0.6) is 11.5 Å². The highest BCUT2D eigenvalue weighted by Crippen LogP contribution is 2.37. The largest absolute Gasteiger partial charge is 0.507 e. The zero-order valence-electron chi connectivity index (χ0n) is 13.0. The van der Waals surface area contributed by atoms with Crippen LogP contribution in [0.15, 0.2) is 6.07 Å². The smallest absolute Gasteiger partial charge is 0.343 e. The molecule has 1 aromatic carbocycles. The Hall–Kier alpha value is -1.75. The number of hydrogen-bond donors (Lipinski definition) is 3. The van der Waals surface area contributed by atoms with Gasteiger partial charge >= 0.3 is 5.97 Å². The molecule has 1 atom stereocenters. The Bertz CT molecular complexity index is 538. The molecular weight excluding hydrogens is 284 g/mol. The lowest BCUT2D eigenvalue weighted by Gasteiger charge is -2.26. The molecule has 1 unspecified atom stereocenters. The van der Waals surface area contributed by atoms with Gasteiger partial charge in [0, 0.05) is 5.56 Å². The lowest BCUT2D eigenvalue weighted by atomic mass is 9.93. The van der Waals surface area contributed by atoms with Crippen molar-refractivity contribution in [2.45, 2.75) is 64.6 Å². The molecule has 5 heteroatoms. The van der Waals surface area contributed by atoms with Crippen molar-refractivity contribution < 1.29 is 24.9 Å². The summed E-state index contributed by atoms with van der Waals surface area (Å²) in [6, 6.07) is 1.45. The van der Waals surface area contributed by atoms with E-state index in [9.17, 15) is 15.0 Å². The van der Waals surface area contributed by atoms with E-state index in [0.717, 1.165) is 18.4 Å². The van der Waals surface area contributed by atoms with Crippen molar-refractivity contribution in [1.82, 2.24) is 0 Å². The molecule has 0 radical (unpaired) electrons. The monoisotopic (exact) mass is 308 g/mol. The third kappa shape index (κ3) is 3.71. The topological polar surface area (TPSA) is 87.0 Å². The molecular formula is C17H24O5. The summed E-state index contributed by atoms with van der Waals surface area (Å²) >= 11 is 0. The van der Waals surface area contributed by atoms with Gasteiger partial charge < -0.3 is 20.1 Å². The normalized spacial score (nSPS) is 17.2. The lowest BCUT2D eigenvalue weighted by molar-refractivity contribution is 0.0203. The van der Waals surface area contributed by atoms with Crippen LogP contribution in [0, 0.1) is 0 Å². The van der Waals surface area contributed by atoms with E-state index in [1.807, 2.05) is 0 Å². The van der Waals surface area contributed by atoms with Gasteiger partial charge in [0.05, 0.1) is 12.7 Å². The summed E-state index contributed by atoms with van der Waals surface area (Å²) in [6.07, 6.45) is 7.63. The molecule has 0 saturated heterocycles. The minimum Gasteiger partial charge on any atom is -0.507 e. The number of hydrogen-bond acceptors (Lipinski definition) is 4. The number of benzene rings is 1. The Kier molecular flexibility index (Phi) is 5.66. The maximum atomic E-state index is 11.1. The van der Waals surface area contributed by atoms with Gasteiger partial charge in [-0.25, -0.2) is 4.79 Å². The summed E-state index contributed by atoms with van der Waals surface area (Å²) in [5.41, 5.74) is 0.822. The first kappa shape index (κ1) is 16.6. The second-order valence-corrected chi connectivity index (χ2v) is 5.90. The van der Waals surface area contributed by atoms with Crippen molar-refractivity contribution in [2.75, 3.05) is 0 Å². The van der Waals surface area contributed by atoms with Crippen LogP contribution in [0.4, 0.5) is 0 Å². The van der Waals surface area contributed by atoms with E-state index in [1.54, 1.807) is 0 Å². The second kappa shape index (κ2) is 7.49. The minimum absolute atomic E-state index is 0.0728. The summed E-state index contributed by atoms with van der Waals surface area (Å²) < 4.78 is 5.73. The second-order valence-electron chi connectivity index (χ2n) is 5.90. The van der Waals surface area contributed by atoms with Gasteiger partial charge in [0.15, 0.2) is 0 Å². The lowest BCUT2D eigenvalue weighted by Crippen LogP contribution is -2.23. The average Bonchev–Trinajstić information content (AvgIpc) is 2.46. The first-order chi connectivity index (χ1) is 10.5. The molecule has 0 amide bonds. The van der Waals surface area contributed by atoms with Gasteiger partial charge in [-0.15, -0.1) is 0 Å².